The molecule has 0 saturated carbocycles. The van der Waals surface area contributed by atoms with Gasteiger partial charge >= 0.3 is 6.03 Å². The lowest BCUT2D eigenvalue weighted by molar-refractivity contribution is 0.211. The molecule has 76 valence electrons. The summed E-state index contributed by atoms with van der Waals surface area (Å²) in [6.07, 6.45) is 3.51. The van der Waals surface area contributed by atoms with Crippen molar-refractivity contribution in [1.82, 2.24) is 10.2 Å². The average Bonchev–Trinajstić information content (AvgIpc) is 2.65. The standard InChI is InChI=1S/C9H18N2OS/c1-2-3-4-5-10-9(12)11-6-7-13-8-11/h2-8H2,1H3,(H,10,12). The van der Waals surface area contributed by atoms with Crippen LogP contribution in [0.3, 0.4) is 0 Å². The molecule has 1 heterocycles. The van der Waals surface area contributed by atoms with Crippen molar-refractivity contribution in [2.45, 2.75) is 26.2 Å². The first-order chi connectivity index (χ1) is 6.34. The normalized spacial score (nSPS) is 16.2. The predicted octanol–water partition coefficient (Wildman–Crippen LogP) is 1.89. The van der Waals surface area contributed by atoms with Gasteiger partial charge in [-0.05, 0) is 6.42 Å². The molecule has 1 aliphatic heterocycles. The maximum Gasteiger partial charge on any atom is 0.318 e. The second-order valence-corrected chi connectivity index (χ2v) is 4.31. The van der Waals surface area contributed by atoms with Gasteiger partial charge in [-0.15, -0.1) is 11.8 Å². The van der Waals surface area contributed by atoms with E-state index in [1.165, 1.54) is 12.8 Å². The number of nitrogens with zero attached hydrogens (tertiary/aromatic N) is 1. The molecule has 0 atom stereocenters. The number of rotatable bonds is 4. The zero-order valence-electron chi connectivity index (χ0n) is 8.21. The molecule has 13 heavy (non-hydrogen) atoms. The number of carbonyl (C=O) groups excluding carboxylic acids is 1. The van der Waals surface area contributed by atoms with Gasteiger partial charge in [-0.3, -0.25) is 0 Å². The summed E-state index contributed by atoms with van der Waals surface area (Å²) in [4.78, 5) is 13.3. The van der Waals surface area contributed by atoms with Crippen LogP contribution in [0.4, 0.5) is 4.79 Å². The van der Waals surface area contributed by atoms with E-state index in [1.54, 1.807) is 0 Å². The minimum Gasteiger partial charge on any atom is -0.338 e. The highest BCUT2D eigenvalue weighted by Gasteiger charge is 2.16. The van der Waals surface area contributed by atoms with Crippen molar-refractivity contribution >= 4 is 17.8 Å². The monoisotopic (exact) mass is 202 g/mol. The Balaban J connectivity index is 2.03. The fraction of sp³-hybridized carbons (Fsp3) is 0.889. The van der Waals surface area contributed by atoms with Gasteiger partial charge in [0.15, 0.2) is 0 Å². The van der Waals surface area contributed by atoms with E-state index >= 15 is 0 Å². The van der Waals surface area contributed by atoms with E-state index < -0.39 is 0 Å². The van der Waals surface area contributed by atoms with Crippen molar-refractivity contribution in [2.24, 2.45) is 0 Å². The first-order valence-corrected chi connectivity index (χ1v) is 6.10. The zero-order valence-corrected chi connectivity index (χ0v) is 9.03. The van der Waals surface area contributed by atoms with Crippen LogP contribution in [0.25, 0.3) is 0 Å². The van der Waals surface area contributed by atoms with Crippen LogP contribution in [0, 0.1) is 0 Å². The van der Waals surface area contributed by atoms with Gasteiger partial charge in [-0.25, -0.2) is 4.79 Å². The van der Waals surface area contributed by atoms with Crippen molar-refractivity contribution in [1.29, 1.82) is 0 Å². The van der Waals surface area contributed by atoms with Crippen molar-refractivity contribution in [3.8, 4) is 0 Å². The number of nitrogens with one attached hydrogen (secondary N) is 1. The molecule has 0 radical (unpaired) electrons. The molecule has 1 N–H and O–H groups in total. The number of thioether (sulfide) groups is 1. The minimum atomic E-state index is 0.112. The van der Waals surface area contributed by atoms with Crippen LogP contribution in [0.1, 0.15) is 26.2 Å². The van der Waals surface area contributed by atoms with Gasteiger partial charge in [0.25, 0.3) is 0 Å². The minimum absolute atomic E-state index is 0.112. The Bertz CT molecular complexity index is 158. The first-order valence-electron chi connectivity index (χ1n) is 4.95. The Morgan fingerprint density at radius 1 is 1.54 bits per heavy atom. The summed E-state index contributed by atoms with van der Waals surface area (Å²) in [5.41, 5.74) is 0. The molecule has 2 amide bonds. The Kier molecular flexibility index (Phi) is 5.05. The van der Waals surface area contributed by atoms with Gasteiger partial charge in [0.1, 0.15) is 0 Å². The average molecular weight is 202 g/mol. The third-order valence-corrected chi connectivity index (χ3v) is 3.06. The van der Waals surface area contributed by atoms with E-state index in [9.17, 15) is 4.79 Å². The third-order valence-electron chi connectivity index (χ3n) is 2.10. The van der Waals surface area contributed by atoms with Gasteiger partial charge in [-0.2, -0.15) is 0 Å². The fourth-order valence-electron chi connectivity index (χ4n) is 1.26. The van der Waals surface area contributed by atoms with Gasteiger partial charge in [-0.1, -0.05) is 19.8 Å². The van der Waals surface area contributed by atoms with Crippen LogP contribution in [-0.2, 0) is 0 Å². The topological polar surface area (TPSA) is 32.3 Å². The van der Waals surface area contributed by atoms with Crippen molar-refractivity contribution in [3.63, 3.8) is 0 Å². The molecule has 0 spiro atoms. The largest absolute Gasteiger partial charge is 0.338 e. The highest BCUT2D eigenvalue weighted by Crippen LogP contribution is 2.12. The molecule has 0 aliphatic carbocycles. The van der Waals surface area contributed by atoms with Gasteiger partial charge in [0.05, 0.1) is 5.88 Å². The molecular weight excluding hydrogens is 184 g/mol. The molecule has 0 aromatic carbocycles. The summed E-state index contributed by atoms with van der Waals surface area (Å²) in [5.74, 6) is 1.95. The van der Waals surface area contributed by atoms with E-state index in [0.29, 0.717) is 0 Å². The summed E-state index contributed by atoms with van der Waals surface area (Å²) < 4.78 is 0. The fourth-order valence-corrected chi connectivity index (χ4v) is 2.20. The van der Waals surface area contributed by atoms with Crippen LogP contribution in [-0.4, -0.2) is 35.7 Å². The predicted molar refractivity (Wildman–Crippen MR) is 57.0 cm³/mol. The summed E-state index contributed by atoms with van der Waals surface area (Å²) in [7, 11) is 0. The third kappa shape index (κ3) is 3.89. The van der Waals surface area contributed by atoms with Gasteiger partial charge in [0, 0.05) is 18.8 Å². The number of hydrogen-bond donors (Lipinski definition) is 1. The molecule has 0 aromatic rings. The Morgan fingerprint density at radius 3 is 3.00 bits per heavy atom. The Hall–Kier alpha value is -0.380. The Labute approximate surface area is 84.2 Å². The maximum absolute atomic E-state index is 11.4. The van der Waals surface area contributed by atoms with E-state index in [1.807, 2.05) is 16.7 Å². The molecule has 1 rings (SSSR count). The number of unbranched alkanes of at least 4 members (excludes halogenated alkanes) is 2. The summed E-state index contributed by atoms with van der Waals surface area (Å²) in [5, 5.41) is 2.93. The lowest BCUT2D eigenvalue weighted by Gasteiger charge is -2.14. The van der Waals surface area contributed by atoms with Crippen LogP contribution in [0.15, 0.2) is 0 Å². The zero-order chi connectivity index (χ0) is 9.52. The lowest BCUT2D eigenvalue weighted by atomic mass is 10.2. The molecule has 1 fully saturated rings. The second kappa shape index (κ2) is 6.13. The first kappa shape index (κ1) is 10.7. The maximum atomic E-state index is 11.4. The molecule has 0 unspecified atom stereocenters. The van der Waals surface area contributed by atoms with E-state index in [2.05, 4.69) is 12.2 Å². The number of urea groups is 1. The van der Waals surface area contributed by atoms with E-state index in [-0.39, 0.29) is 6.03 Å². The SMILES string of the molecule is CCCCCNC(=O)N1CCSC1. The number of carbonyl (C=O) groups is 1. The van der Waals surface area contributed by atoms with Crippen molar-refractivity contribution in [3.05, 3.63) is 0 Å². The summed E-state index contributed by atoms with van der Waals surface area (Å²) >= 11 is 1.82. The van der Waals surface area contributed by atoms with Crippen LogP contribution < -0.4 is 5.32 Å². The lowest BCUT2D eigenvalue weighted by Crippen LogP contribution is -2.38. The molecule has 0 bridgehead atoms. The highest BCUT2D eigenvalue weighted by molar-refractivity contribution is 7.99. The molecule has 1 aliphatic rings. The second-order valence-electron chi connectivity index (χ2n) is 3.24. The molecular formula is C9H18N2OS. The molecule has 4 heteroatoms. The van der Waals surface area contributed by atoms with Crippen LogP contribution >= 0.6 is 11.8 Å². The van der Waals surface area contributed by atoms with E-state index in [0.717, 1.165) is 31.1 Å². The van der Waals surface area contributed by atoms with Gasteiger partial charge in [0.2, 0.25) is 0 Å². The molecule has 1 saturated heterocycles. The van der Waals surface area contributed by atoms with E-state index in [4.69, 9.17) is 0 Å². The smallest absolute Gasteiger partial charge is 0.318 e. The quantitative estimate of drug-likeness (QED) is 0.706. The van der Waals surface area contributed by atoms with Crippen molar-refractivity contribution < 1.29 is 4.79 Å². The Morgan fingerprint density at radius 2 is 2.38 bits per heavy atom. The highest BCUT2D eigenvalue weighted by atomic mass is 32.2. The van der Waals surface area contributed by atoms with Crippen LogP contribution in [0.2, 0.25) is 0 Å². The van der Waals surface area contributed by atoms with Crippen LogP contribution in [0.5, 0.6) is 0 Å². The number of hydrogen-bond acceptors (Lipinski definition) is 2. The van der Waals surface area contributed by atoms with Gasteiger partial charge < -0.3 is 10.2 Å². The van der Waals surface area contributed by atoms with Crippen molar-refractivity contribution in [2.75, 3.05) is 24.7 Å². The molecule has 0 aromatic heterocycles. The number of amides is 2. The summed E-state index contributed by atoms with van der Waals surface area (Å²) in [6, 6.07) is 0.112. The molecule has 3 nitrogen and oxygen atoms in total. The summed E-state index contributed by atoms with van der Waals surface area (Å²) in [6.45, 7) is 3.90.